The van der Waals surface area contributed by atoms with E-state index in [1.54, 1.807) is 0 Å². The lowest BCUT2D eigenvalue weighted by molar-refractivity contribution is 0.0788. The van der Waals surface area contributed by atoms with Crippen LogP contribution in [0.3, 0.4) is 0 Å². The summed E-state index contributed by atoms with van der Waals surface area (Å²) in [6.45, 7) is 3.30. The van der Waals surface area contributed by atoms with Gasteiger partial charge in [0.2, 0.25) is 0 Å². The van der Waals surface area contributed by atoms with Gasteiger partial charge in [-0.15, -0.1) is 0 Å². The van der Waals surface area contributed by atoms with Gasteiger partial charge in [-0.05, 0) is 30.9 Å². The van der Waals surface area contributed by atoms with Gasteiger partial charge in [-0.2, -0.15) is 0 Å². The number of phenols is 1. The average molecular weight is 282 g/mol. The van der Waals surface area contributed by atoms with Gasteiger partial charge < -0.3 is 10.4 Å². The van der Waals surface area contributed by atoms with Gasteiger partial charge >= 0.3 is 0 Å². The maximum Gasteiger partial charge on any atom is 0.165 e. The molecule has 20 heavy (non-hydrogen) atoms. The highest BCUT2D eigenvalue weighted by Crippen LogP contribution is 2.45. The van der Waals surface area contributed by atoms with E-state index in [-0.39, 0.29) is 11.6 Å². The van der Waals surface area contributed by atoms with Gasteiger partial charge in [-0.1, -0.05) is 6.42 Å². The first kappa shape index (κ1) is 13.8. The maximum absolute atomic E-state index is 14.2. The molecule has 0 spiro atoms. The smallest absolute Gasteiger partial charge is 0.165 e. The predicted molar refractivity (Wildman–Crippen MR) is 72.5 cm³/mol. The molecule has 0 bridgehead atoms. The quantitative estimate of drug-likeness (QED) is 0.893. The molecule has 1 aliphatic carbocycles. The summed E-state index contributed by atoms with van der Waals surface area (Å²) in [5.41, 5.74) is 0.150. The topological polar surface area (TPSA) is 35.5 Å². The molecular weight excluding hydrogens is 262 g/mol. The third kappa shape index (κ3) is 2.40. The largest absolute Gasteiger partial charge is 0.505 e. The molecule has 1 saturated heterocycles. The first-order valence-electron chi connectivity index (χ1n) is 7.30. The standard InChI is InChI=1S/C15H20F2N2O/c16-11-4-5-12(17)15(20)13(11)14(10-2-1-3-10)19-8-6-18-7-9-19/h4-5,10,14,18,20H,1-3,6-9H2/t14-/m0/s1. The van der Waals surface area contributed by atoms with E-state index in [4.69, 9.17) is 0 Å². The minimum atomic E-state index is -0.735. The number of rotatable bonds is 3. The molecule has 0 amide bonds. The van der Waals surface area contributed by atoms with Crippen LogP contribution in [0.4, 0.5) is 8.78 Å². The van der Waals surface area contributed by atoms with Crippen LogP contribution in [0, 0.1) is 17.6 Å². The predicted octanol–water partition coefficient (Wildman–Crippen LogP) is 2.42. The number of nitrogens with zero attached hydrogens (tertiary/aromatic N) is 1. The van der Waals surface area contributed by atoms with E-state index in [1.165, 1.54) is 0 Å². The highest BCUT2D eigenvalue weighted by molar-refractivity contribution is 5.38. The Morgan fingerprint density at radius 2 is 1.80 bits per heavy atom. The normalized spacial score (nSPS) is 22.5. The monoisotopic (exact) mass is 282 g/mol. The Balaban J connectivity index is 1.98. The van der Waals surface area contributed by atoms with Gasteiger partial charge in [0.05, 0.1) is 5.56 Å². The lowest BCUT2D eigenvalue weighted by Gasteiger charge is -2.43. The van der Waals surface area contributed by atoms with Gasteiger partial charge in [0.25, 0.3) is 0 Å². The van der Waals surface area contributed by atoms with E-state index >= 15 is 0 Å². The Bertz CT molecular complexity index is 485. The minimum Gasteiger partial charge on any atom is -0.505 e. The van der Waals surface area contributed by atoms with Crippen molar-refractivity contribution in [2.24, 2.45) is 5.92 Å². The molecule has 1 aliphatic heterocycles. The Morgan fingerprint density at radius 1 is 1.15 bits per heavy atom. The van der Waals surface area contributed by atoms with Crippen molar-refractivity contribution >= 4 is 0 Å². The third-order valence-corrected chi connectivity index (χ3v) is 4.55. The molecule has 3 nitrogen and oxygen atoms in total. The SMILES string of the molecule is Oc1c(F)ccc(F)c1[C@H](C1CCC1)N1CCNCC1. The van der Waals surface area contributed by atoms with Gasteiger partial charge in [-0.25, -0.2) is 8.78 Å². The van der Waals surface area contributed by atoms with Crippen molar-refractivity contribution in [3.05, 3.63) is 29.3 Å². The second-order valence-corrected chi connectivity index (χ2v) is 5.71. The number of aromatic hydroxyl groups is 1. The van der Waals surface area contributed by atoms with Crippen molar-refractivity contribution in [3.8, 4) is 5.75 Å². The summed E-state index contributed by atoms with van der Waals surface area (Å²) in [7, 11) is 0. The van der Waals surface area contributed by atoms with E-state index in [2.05, 4.69) is 10.2 Å². The third-order valence-electron chi connectivity index (χ3n) is 4.55. The van der Waals surface area contributed by atoms with Crippen molar-refractivity contribution in [2.45, 2.75) is 25.3 Å². The molecule has 3 rings (SSSR count). The van der Waals surface area contributed by atoms with Crippen LogP contribution in [-0.2, 0) is 0 Å². The Labute approximate surface area is 117 Å². The molecule has 5 heteroatoms. The molecule has 2 aliphatic rings. The molecule has 0 unspecified atom stereocenters. The number of phenolic OH excluding ortho intramolecular Hbond substituents is 1. The number of benzene rings is 1. The van der Waals surface area contributed by atoms with Gasteiger partial charge in [0.1, 0.15) is 5.82 Å². The van der Waals surface area contributed by atoms with Gasteiger partial charge in [-0.3, -0.25) is 4.90 Å². The van der Waals surface area contributed by atoms with E-state index in [1.807, 2.05) is 0 Å². The van der Waals surface area contributed by atoms with Crippen LogP contribution in [0.1, 0.15) is 30.9 Å². The van der Waals surface area contributed by atoms with Crippen molar-refractivity contribution in [1.29, 1.82) is 0 Å². The zero-order chi connectivity index (χ0) is 14.1. The first-order chi connectivity index (χ1) is 9.68. The fourth-order valence-corrected chi connectivity index (χ4v) is 3.27. The van der Waals surface area contributed by atoms with Crippen LogP contribution in [0.2, 0.25) is 0 Å². The van der Waals surface area contributed by atoms with Crippen LogP contribution >= 0.6 is 0 Å². The second-order valence-electron chi connectivity index (χ2n) is 5.71. The number of piperazine rings is 1. The number of hydrogen-bond acceptors (Lipinski definition) is 3. The van der Waals surface area contributed by atoms with E-state index in [9.17, 15) is 13.9 Å². The molecular formula is C15H20F2N2O. The highest BCUT2D eigenvalue weighted by atomic mass is 19.1. The Morgan fingerprint density at radius 3 is 2.40 bits per heavy atom. The Kier molecular flexibility index (Phi) is 3.89. The molecule has 2 N–H and O–H groups in total. The maximum atomic E-state index is 14.2. The molecule has 1 aromatic rings. The summed E-state index contributed by atoms with van der Waals surface area (Å²) >= 11 is 0. The molecule has 0 aromatic heterocycles. The summed E-state index contributed by atoms with van der Waals surface area (Å²) in [6, 6.07) is 1.91. The first-order valence-corrected chi connectivity index (χ1v) is 7.30. The van der Waals surface area contributed by atoms with Crippen LogP contribution in [0.15, 0.2) is 12.1 Å². The molecule has 1 heterocycles. The summed E-state index contributed by atoms with van der Waals surface area (Å²) < 4.78 is 27.8. The van der Waals surface area contributed by atoms with E-state index in [0.717, 1.165) is 57.6 Å². The molecule has 1 saturated carbocycles. The second kappa shape index (κ2) is 5.66. The summed E-state index contributed by atoms with van der Waals surface area (Å²) in [5, 5.41) is 13.3. The van der Waals surface area contributed by atoms with Crippen molar-refractivity contribution in [2.75, 3.05) is 26.2 Å². The van der Waals surface area contributed by atoms with Crippen LogP contribution in [0.5, 0.6) is 5.75 Å². The number of halogens is 2. The number of hydrogen-bond donors (Lipinski definition) is 2. The van der Waals surface area contributed by atoms with Crippen molar-refractivity contribution in [3.63, 3.8) is 0 Å². The summed E-state index contributed by atoms with van der Waals surface area (Å²) in [4.78, 5) is 2.18. The molecule has 1 aromatic carbocycles. The Hall–Kier alpha value is -1.20. The van der Waals surface area contributed by atoms with E-state index < -0.39 is 17.4 Å². The lowest BCUT2D eigenvalue weighted by atomic mass is 9.76. The molecule has 2 fully saturated rings. The summed E-state index contributed by atoms with van der Waals surface area (Å²) in [6.07, 6.45) is 3.17. The van der Waals surface area contributed by atoms with E-state index in [0.29, 0.717) is 5.92 Å². The summed E-state index contributed by atoms with van der Waals surface area (Å²) in [5.74, 6) is -1.43. The average Bonchev–Trinajstić information content (AvgIpc) is 2.41. The lowest BCUT2D eigenvalue weighted by Crippen LogP contribution is -2.48. The molecule has 0 radical (unpaired) electrons. The fourth-order valence-electron chi connectivity index (χ4n) is 3.27. The van der Waals surface area contributed by atoms with Gasteiger partial charge in [0.15, 0.2) is 11.6 Å². The van der Waals surface area contributed by atoms with Crippen LogP contribution in [0.25, 0.3) is 0 Å². The minimum absolute atomic E-state index is 0.150. The van der Waals surface area contributed by atoms with Crippen molar-refractivity contribution < 1.29 is 13.9 Å². The highest BCUT2D eigenvalue weighted by Gasteiger charge is 2.37. The van der Waals surface area contributed by atoms with Gasteiger partial charge in [0, 0.05) is 32.2 Å². The molecule has 1 atom stereocenters. The van der Waals surface area contributed by atoms with Crippen LogP contribution in [-0.4, -0.2) is 36.2 Å². The zero-order valence-corrected chi connectivity index (χ0v) is 11.4. The number of nitrogens with one attached hydrogen (secondary N) is 1. The zero-order valence-electron chi connectivity index (χ0n) is 11.4. The fraction of sp³-hybridized carbons (Fsp3) is 0.600. The van der Waals surface area contributed by atoms with Crippen LogP contribution < -0.4 is 5.32 Å². The molecule has 110 valence electrons. The van der Waals surface area contributed by atoms with Crippen molar-refractivity contribution in [1.82, 2.24) is 10.2 Å².